The molecule has 238 valence electrons. The van der Waals surface area contributed by atoms with Crippen LogP contribution in [0.3, 0.4) is 0 Å². The minimum absolute atomic E-state index is 0.177. The number of hydrogen-bond acceptors (Lipinski definition) is 8. The maximum atomic E-state index is 13.9. The summed E-state index contributed by atoms with van der Waals surface area (Å²) in [6.45, 7) is 6.17. The molecule has 2 N–H and O–H groups in total. The Bertz CT molecular complexity index is 1780. The maximum absolute atomic E-state index is 13.9. The average Bonchev–Trinajstić information content (AvgIpc) is 3.44. The number of benzene rings is 2. The number of ether oxygens (including phenoxy) is 1. The van der Waals surface area contributed by atoms with Crippen LogP contribution in [0.1, 0.15) is 52.5 Å². The summed E-state index contributed by atoms with van der Waals surface area (Å²) in [7, 11) is -3.60. The normalized spacial score (nSPS) is 19.2. The largest absolute Gasteiger partial charge is 0.375 e. The van der Waals surface area contributed by atoms with Crippen molar-refractivity contribution in [3.05, 3.63) is 88.2 Å². The SMILES string of the molecule is Cc1cn2nc(C3CCCCN3C(=O)c3cc(Cl)ccc3NS(C)(=O)=O)cc2nc1N1CCNC(COCc2ccccc2)C1. The van der Waals surface area contributed by atoms with E-state index in [9.17, 15) is 13.2 Å². The molecule has 45 heavy (non-hydrogen) atoms. The number of nitrogens with zero attached hydrogens (tertiary/aromatic N) is 5. The van der Waals surface area contributed by atoms with Gasteiger partial charge in [-0.15, -0.1) is 0 Å². The van der Waals surface area contributed by atoms with Gasteiger partial charge in [-0.25, -0.2) is 17.9 Å². The Kier molecular flexibility index (Phi) is 9.27. The molecule has 2 aliphatic heterocycles. The Hall–Kier alpha value is -3.71. The monoisotopic (exact) mass is 651 g/mol. The number of rotatable bonds is 9. The van der Waals surface area contributed by atoms with Crippen molar-refractivity contribution in [2.75, 3.05) is 48.7 Å². The first kappa shape index (κ1) is 31.3. The maximum Gasteiger partial charge on any atom is 0.256 e. The highest BCUT2D eigenvalue weighted by atomic mass is 35.5. The van der Waals surface area contributed by atoms with Crippen LogP contribution in [0.2, 0.25) is 5.02 Å². The molecule has 2 fully saturated rings. The van der Waals surface area contributed by atoms with Gasteiger partial charge in [0.15, 0.2) is 5.65 Å². The summed E-state index contributed by atoms with van der Waals surface area (Å²) in [6, 6.07) is 16.6. The summed E-state index contributed by atoms with van der Waals surface area (Å²) in [6.07, 6.45) is 5.56. The first-order valence-electron chi connectivity index (χ1n) is 15.2. The van der Waals surface area contributed by atoms with Crippen LogP contribution in [0, 0.1) is 6.92 Å². The fraction of sp³-hybridized carbons (Fsp3) is 0.406. The van der Waals surface area contributed by atoms with Crippen LogP contribution in [0.5, 0.6) is 0 Å². The molecule has 0 saturated carbocycles. The number of likely N-dealkylation sites (tertiary alicyclic amines) is 1. The molecule has 2 aliphatic rings. The summed E-state index contributed by atoms with van der Waals surface area (Å²) >= 11 is 6.24. The molecule has 2 aromatic heterocycles. The number of amides is 1. The van der Waals surface area contributed by atoms with Crippen molar-refractivity contribution >= 4 is 44.7 Å². The van der Waals surface area contributed by atoms with Crippen molar-refractivity contribution in [3.8, 4) is 0 Å². The van der Waals surface area contributed by atoms with E-state index in [1.54, 1.807) is 15.5 Å². The number of piperidine rings is 1. The van der Waals surface area contributed by atoms with Gasteiger partial charge < -0.3 is 19.9 Å². The van der Waals surface area contributed by atoms with E-state index in [4.69, 9.17) is 26.4 Å². The van der Waals surface area contributed by atoms with Crippen molar-refractivity contribution in [2.24, 2.45) is 0 Å². The predicted octanol–water partition coefficient (Wildman–Crippen LogP) is 4.43. The highest BCUT2D eigenvalue weighted by molar-refractivity contribution is 7.92. The molecule has 0 bridgehead atoms. The van der Waals surface area contributed by atoms with Gasteiger partial charge in [0.05, 0.1) is 42.5 Å². The van der Waals surface area contributed by atoms with Crippen LogP contribution < -0.4 is 14.9 Å². The molecule has 11 nitrogen and oxygen atoms in total. The number of sulfonamides is 1. The number of piperazine rings is 1. The molecule has 1 amide bonds. The van der Waals surface area contributed by atoms with Crippen LogP contribution in [0.4, 0.5) is 11.5 Å². The van der Waals surface area contributed by atoms with Crippen LogP contribution in [0.15, 0.2) is 60.8 Å². The Balaban J connectivity index is 1.21. The molecule has 2 atom stereocenters. The lowest BCUT2D eigenvalue weighted by molar-refractivity contribution is 0.0607. The quantitative estimate of drug-likeness (QED) is 0.273. The number of aromatic nitrogens is 3. The van der Waals surface area contributed by atoms with E-state index < -0.39 is 10.0 Å². The van der Waals surface area contributed by atoms with E-state index in [0.717, 1.165) is 67.8 Å². The van der Waals surface area contributed by atoms with Gasteiger partial charge >= 0.3 is 0 Å². The lowest BCUT2D eigenvalue weighted by Gasteiger charge is -2.35. The predicted molar refractivity (Wildman–Crippen MR) is 175 cm³/mol. The number of carbonyl (C=O) groups excluding carboxylic acids is 1. The zero-order chi connectivity index (χ0) is 31.6. The molecule has 4 heterocycles. The van der Waals surface area contributed by atoms with Gasteiger partial charge in [-0.1, -0.05) is 41.9 Å². The van der Waals surface area contributed by atoms with Crippen LogP contribution in [-0.2, 0) is 21.4 Å². The van der Waals surface area contributed by atoms with Crippen molar-refractivity contribution in [1.82, 2.24) is 24.8 Å². The van der Waals surface area contributed by atoms with E-state index in [2.05, 4.69) is 27.1 Å². The highest BCUT2D eigenvalue weighted by Gasteiger charge is 2.32. The van der Waals surface area contributed by atoms with Crippen LogP contribution in [0.25, 0.3) is 5.65 Å². The van der Waals surface area contributed by atoms with Crippen molar-refractivity contribution < 1.29 is 17.9 Å². The number of nitrogens with one attached hydrogen (secondary N) is 2. The molecule has 6 rings (SSSR count). The fourth-order valence-electron chi connectivity index (χ4n) is 6.14. The van der Waals surface area contributed by atoms with Gasteiger partial charge in [0, 0.05) is 55.1 Å². The van der Waals surface area contributed by atoms with Gasteiger partial charge in [0.2, 0.25) is 10.0 Å². The molecule has 4 aromatic rings. The molecular formula is C32H38ClN7O4S. The average molecular weight is 652 g/mol. The van der Waals surface area contributed by atoms with E-state index in [1.165, 1.54) is 12.1 Å². The van der Waals surface area contributed by atoms with Gasteiger partial charge in [-0.3, -0.25) is 9.52 Å². The standard InChI is InChI=1S/C32H38ClN7O4S/c1-22-18-40-30(35-31(22)38-15-13-34-25(19-38)21-44-20-23-8-4-3-5-9-23)17-28(36-40)29-10-6-7-14-39(29)32(41)26-16-24(33)11-12-27(26)37-45(2,42)43/h3-5,8-9,11-12,16-18,25,29,34,37H,6-7,10,13-15,19-21H2,1-2H3. The van der Waals surface area contributed by atoms with Gasteiger partial charge in [-0.05, 0) is 49.9 Å². The van der Waals surface area contributed by atoms with Gasteiger partial charge in [0.25, 0.3) is 5.91 Å². The summed E-state index contributed by atoms with van der Waals surface area (Å²) in [5.74, 6) is 0.618. The Morgan fingerprint density at radius 1 is 1.13 bits per heavy atom. The van der Waals surface area contributed by atoms with Gasteiger partial charge in [-0.2, -0.15) is 5.10 Å². The Labute approximate surface area is 268 Å². The summed E-state index contributed by atoms with van der Waals surface area (Å²) in [5.41, 5.74) is 4.03. The van der Waals surface area contributed by atoms with Crippen molar-refractivity contribution in [3.63, 3.8) is 0 Å². The second-order valence-electron chi connectivity index (χ2n) is 11.8. The van der Waals surface area contributed by atoms with Crippen LogP contribution >= 0.6 is 11.6 Å². The molecule has 13 heteroatoms. The second kappa shape index (κ2) is 13.3. The molecular weight excluding hydrogens is 614 g/mol. The van der Waals surface area contributed by atoms with E-state index in [-0.39, 0.29) is 29.2 Å². The number of hydrogen-bond donors (Lipinski definition) is 2. The number of fused-ring (bicyclic) bond motifs is 1. The molecule has 2 unspecified atom stereocenters. The number of aryl methyl sites for hydroxylation is 1. The summed E-state index contributed by atoms with van der Waals surface area (Å²) in [4.78, 5) is 23.0. The van der Waals surface area contributed by atoms with E-state index >= 15 is 0 Å². The molecule has 2 saturated heterocycles. The fourth-order valence-corrected chi connectivity index (χ4v) is 6.89. The smallest absolute Gasteiger partial charge is 0.256 e. The third-order valence-electron chi connectivity index (χ3n) is 8.22. The lowest BCUT2D eigenvalue weighted by Crippen LogP contribution is -2.53. The Morgan fingerprint density at radius 3 is 2.76 bits per heavy atom. The summed E-state index contributed by atoms with van der Waals surface area (Å²) in [5, 5.41) is 8.78. The van der Waals surface area contributed by atoms with E-state index in [0.29, 0.717) is 30.4 Å². The van der Waals surface area contributed by atoms with Crippen molar-refractivity contribution in [1.29, 1.82) is 0 Å². The minimum atomic E-state index is -3.60. The highest BCUT2D eigenvalue weighted by Crippen LogP contribution is 2.34. The Morgan fingerprint density at radius 2 is 1.96 bits per heavy atom. The lowest BCUT2D eigenvalue weighted by atomic mass is 9.98. The first-order chi connectivity index (χ1) is 21.6. The molecule has 2 aromatic carbocycles. The minimum Gasteiger partial charge on any atom is -0.375 e. The van der Waals surface area contributed by atoms with E-state index in [1.807, 2.05) is 37.4 Å². The molecule has 0 radical (unpaired) electrons. The third-order valence-corrected chi connectivity index (χ3v) is 9.05. The first-order valence-corrected chi connectivity index (χ1v) is 17.5. The van der Waals surface area contributed by atoms with Crippen molar-refractivity contribution in [2.45, 2.75) is 44.9 Å². The second-order valence-corrected chi connectivity index (χ2v) is 14.0. The number of halogens is 1. The summed E-state index contributed by atoms with van der Waals surface area (Å²) < 4.78 is 34.3. The topological polar surface area (TPSA) is 121 Å². The third kappa shape index (κ3) is 7.41. The zero-order valence-corrected chi connectivity index (χ0v) is 27.0. The zero-order valence-electron chi connectivity index (χ0n) is 25.4. The van der Waals surface area contributed by atoms with Crippen LogP contribution in [-0.4, -0.2) is 78.9 Å². The molecule has 0 aliphatic carbocycles. The number of carbonyl (C=O) groups is 1. The van der Waals surface area contributed by atoms with Gasteiger partial charge in [0.1, 0.15) is 5.82 Å². The molecule has 0 spiro atoms. The number of anilines is 2.